The average molecular weight is 259 g/mol. The molecule has 0 saturated carbocycles. The number of benzene rings is 1. The van der Waals surface area contributed by atoms with Crippen molar-refractivity contribution in [3.63, 3.8) is 0 Å². The second-order valence-corrected chi connectivity index (χ2v) is 5.22. The van der Waals surface area contributed by atoms with Crippen molar-refractivity contribution < 1.29 is 0 Å². The largest absolute Gasteiger partial charge is 0.274 e. The summed E-state index contributed by atoms with van der Waals surface area (Å²) in [6, 6.07) is 6.41. The molecule has 2 aromatic rings. The molecule has 1 aromatic heterocycles. The summed E-state index contributed by atoms with van der Waals surface area (Å²) in [6.45, 7) is 9.94. The Morgan fingerprint density at radius 2 is 2.00 bits per heavy atom. The molecule has 0 aliphatic carbocycles. The first-order valence-corrected chi connectivity index (χ1v) is 6.85. The molecule has 0 N–H and O–H groups in total. The molecule has 3 nitrogen and oxygen atoms in total. The molecule has 0 fully saturated rings. The second-order valence-electron chi connectivity index (χ2n) is 4.23. The minimum atomic E-state index is 0.836. The summed E-state index contributed by atoms with van der Waals surface area (Å²) in [7, 11) is 0. The van der Waals surface area contributed by atoms with Crippen LogP contribution < -0.4 is 0 Å². The quantitative estimate of drug-likeness (QED) is 0.622. The number of hydrogen-bond donors (Lipinski definition) is 0. The lowest BCUT2D eigenvalue weighted by Crippen LogP contribution is -2.00. The lowest BCUT2D eigenvalue weighted by atomic mass is 10.1. The Labute approximate surface area is 112 Å². The third-order valence-corrected chi connectivity index (χ3v) is 3.80. The molecule has 0 atom stereocenters. The highest BCUT2D eigenvalue weighted by Gasteiger charge is 2.11. The number of rotatable bonds is 4. The third-order valence-electron chi connectivity index (χ3n) is 2.87. The van der Waals surface area contributed by atoms with E-state index in [0.29, 0.717) is 0 Å². The Morgan fingerprint density at radius 3 is 2.67 bits per heavy atom. The molecule has 0 amide bonds. The zero-order valence-corrected chi connectivity index (χ0v) is 11.8. The fraction of sp³-hybridized carbons (Fsp3) is 0.286. The van der Waals surface area contributed by atoms with Gasteiger partial charge < -0.3 is 0 Å². The van der Waals surface area contributed by atoms with Crippen LogP contribution in [0.25, 0.3) is 5.69 Å². The summed E-state index contributed by atoms with van der Waals surface area (Å²) < 4.78 is 2.08. The molecule has 0 saturated heterocycles. The first-order valence-electron chi connectivity index (χ1n) is 5.87. The summed E-state index contributed by atoms with van der Waals surface area (Å²) >= 11 is 1.64. The van der Waals surface area contributed by atoms with E-state index in [1.54, 1.807) is 11.8 Å². The zero-order chi connectivity index (χ0) is 13.1. The van der Waals surface area contributed by atoms with E-state index >= 15 is 0 Å². The van der Waals surface area contributed by atoms with Gasteiger partial charge in [-0.2, -0.15) is 0 Å². The van der Waals surface area contributed by atoms with Gasteiger partial charge in [0.2, 0.25) is 0 Å². The molecule has 0 aliphatic heterocycles. The second kappa shape index (κ2) is 5.40. The van der Waals surface area contributed by atoms with Crippen LogP contribution in [0.4, 0.5) is 0 Å². The van der Waals surface area contributed by atoms with Gasteiger partial charge in [0.05, 0.1) is 0 Å². The van der Waals surface area contributed by atoms with Gasteiger partial charge in [-0.05, 0) is 44.0 Å². The normalized spacial score (nSPS) is 10.6. The summed E-state index contributed by atoms with van der Waals surface area (Å²) in [5.41, 5.74) is 3.69. The summed E-state index contributed by atoms with van der Waals surface area (Å²) in [5, 5.41) is 9.28. The summed E-state index contributed by atoms with van der Waals surface area (Å²) in [6.07, 6.45) is 1.87. The predicted octanol–water partition coefficient (Wildman–Crippen LogP) is 3.47. The topological polar surface area (TPSA) is 30.7 Å². The Bertz CT molecular complexity index is 572. The monoisotopic (exact) mass is 259 g/mol. The molecule has 4 heteroatoms. The average Bonchev–Trinajstić information content (AvgIpc) is 2.71. The van der Waals surface area contributed by atoms with Crippen LogP contribution in [0.1, 0.15) is 17.0 Å². The van der Waals surface area contributed by atoms with Gasteiger partial charge >= 0.3 is 0 Å². The lowest BCUT2D eigenvalue weighted by Gasteiger charge is -2.09. The maximum atomic E-state index is 4.21. The van der Waals surface area contributed by atoms with Gasteiger partial charge in [-0.1, -0.05) is 23.9 Å². The van der Waals surface area contributed by atoms with Crippen LogP contribution in [0, 0.1) is 20.8 Å². The SMILES string of the molecule is C=CCSc1nnc(C)n1-c1ccc(C)c(C)c1. The smallest absolute Gasteiger partial charge is 0.196 e. The van der Waals surface area contributed by atoms with Crippen LogP contribution in [0.3, 0.4) is 0 Å². The molecule has 0 bridgehead atoms. The number of aryl methyl sites for hydroxylation is 3. The first-order chi connectivity index (χ1) is 8.63. The van der Waals surface area contributed by atoms with Crippen molar-refractivity contribution in [2.24, 2.45) is 0 Å². The molecule has 1 aromatic carbocycles. The Hall–Kier alpha value is -1.55. The third kappa shape index (κ3) is 2.48. The van der Waals surface area contributed by atoms with E-state index in [1.165, 1.54) is 11.1 Å². The van der Waals surface area contributed by atoms with Gasteiger partial charge in [0.1, 0.15) is 5.82 Å². The van der Waals surface area contributed by atoms with Crippen LogP contribution in [0.2, 0.25) is 0 Å². The molecule has 0 spiro atoms. The predicted molar refractivity (Wildman–Crippen MR) is 76.5 cm³/mol. The molecular weight excluding hydrogens is 242 g/mol. The van der Waals surface area contributed by atoms with Gasteiger partial charge in [0, 0.05) is 11.4 Å². The van der Waals surface area contributed by atoms with Gasteiger partial charge in [-0.3, -0.25) is 4.57 Å². The van der Waals surface area contributed by atoms with Crippen molar-refractivity contribution in [1.29, 1.82) is 0 Å². The standard InChI is InChI=1S/C14H17N3S/c1-5-8-18-14-16-15-12(4)17(14)13-7-6-10(2)11(3)9-13/h5-7,9H,1,8H2,2-4H3. The molecule has 0 aliphatic rings. The molecular formula is C14H17N3S. The number of thioether (sulfide) groups is 1. The van der Waals surface area contributed by atoms with E-state index in [-0.39, 0.29) is 0 Å². The van der Waals surface area contributed by atoms with Crippen LogP contribution in [0.15, 0.2) is 36.0 Å². The minimum absolute atomic E-state index is 0.836. The zero-order valence-electron chi connectivity index (χ0n) is 11.0. The number of aromatic nitrogens is 3. The van der Waals surface area contributed by atoms with Crippen molar-refractivity contribution in [3.05, 3.63) is 47.8 Å². The van der Waals surface area contributed by atoms with Crippen molar-refractivity contribution in [2.75, 3.05) is 5.75 Å². The van der Waals surface area contributed by atoms with Gasteiger partial charge in [-0.25, -0.2) is 0 Å². The Balaban J connectivity index is 2.45. The van der Waals surface area contributed by atoms with Crippen LogP contribution >= 0.6 is 11.8 Å². The van der Waals surface area contributed by atoms with E-state index in [9.17, 15) is 0 Å². The van der Waals surface area contributed by atoms with Crippen molar-refractivity contribution in [1.82, 2.24) is 14.8 Å². The van der Waals surface area contributed by atoms with E-state index in [0.717, 1.165) is 22.4 Å². The van der Waals surface area contributed by atoms with Crippen LogP contribution in [0.5, 0.6) is 0 Å². The highest BCUT2D eigenvalue weighted by molar-refractivity contribution is 7.99. The highest BCUT2D eigenvalue weighted by Crippen LogP contribution is 2.23. The molecule has 18 heavy (non-hydrogen) atoms. The highest BCUT2D eigenvalue weighted by atomic mass is 32.2. The lowest BCUT2D eigenvalue weighted by molar-refractivity contribution is 0.868. The van der Waals surface area contributed by atoms with Gasteiger partial charge in [0.25, 0.3) is 0 Å². The fourth-order valence-electron chi connectivity index (χ4n) is 1.73. The van der Waals surface area contributed by atoms with E-state index in [2.05, 4.69) is 53.4 Å². The summed E-state index contributed by atoms with van der Waals surface area (Å²) in [5.74, 6) is 1.74. The Kier molecular flexibility index (Phi) is 3.87. The van der Waals surface area contributed by atoms with Gasteiger partial charge in [-0.15, -0.1) is 16.8 Å². The van der Waals surface area contributed by atoms with Crippen molar-refractivity contribution in [2.45, 2.75) is 25.9 Å². The fourth-order valence-corrected chi connectivity index (χ4v) is 2.46. The molecule has 94 valence electrons. The number of hydrogen-bond acceptors (Lipinski definition) is 3. The van der Waals surface area contributed by atoms with E-state index < -0.39 is 0 Å². The maximum absolute atomic E-state index is 4.21. The maximum Gasteiger partial charge on any atom is 0.196 e. The van der Waals surface area contributed by atoms with Crippen LogP contribution in [-0.2, 0) is 0 Å². The number of nitrogens with zero attached hydrogens (tertiary/aromatic N) is 3. The molecule has 0 radical (unpaired) electrons. The molecule has 1 heterocycles. The Morgan fingerprint density at radius 1 is 1.22 bits per heavy atom. The molecule has 0 unspecified atom stereocenters. The summed E-state index contributed by atoms with van der Waals surface area (Å²) in [4.78, 5) is 0. The van der Waals surface area contributed by atoms with Crippen molar-refractivity contribution >= 4 is 11.8 Å². The van der Waals surface area contributed by atoms with E-state index in [4.69, 9.17) is 0 Å². The minimum Gasteiger partial charge on any atom is -0.274 e. The molecule has 2 rings (SSSR count). The van der Waals surface area contributed by atoms with Crippen molar-refractivity contribution in [3.8, 4) is 5.69 Å². The first kappa shape index (κ1) is 12.9. The van der Waals surface area contributed by atoms with Crippen LogP contribution in [-0.4, -0.2) is 20.5 Å². The van der Waals surface area contributed by atoms with E-state index in [1.807, 2.05) is 13.0 Å². The van der Waals surface area contributed by atoms with Gasteiger partial charge in [0.15, 0.2) is 5.16 Å².